The monoisotopic (exact) mass is 299 g/mol. The topological polar surface area (TPSA) is 20.3 Å². The van der Waals surface area contributed by atoms with Crippen LogP contribution in [-0.2, 0) is 4.79 Å². The van der Waals surface area contributed by atoms with Gasteiger partial charge in [-0.2, -0.15) is 0 Å². The Bertz CT molecular complexity index is 182. The molecule has 0 aliphatic carbocycles. The van der Waals surface area contributed by atoms with Crippen molar-refractivity contribution in [3.63, 3.8) is 0 Å². The van der Waals surface area contributed by atoms with Gasteiger partial charge < -0.3 is 4.90 Å². The number of piperidine rings is 1. The Labute approximate surface area is 92.6 Å². The maximum atomic E-state index is 11.4. The van der Waals surface area contributed by atoms with Gasteiger partial charge in [0.2, 0.25) is 0 Å². The van der Waals surface area contributed by atoms with Gasteiger partial charge in [0, 0.05) is 19.0 Å². The van der Waals surface area contributed by atoms with E-state index in [1.807, 2.05) is 6.92 Å². The van der Waals surface area contributed by atoms with E-state index in [9.17, 15) is 4.79 Å². The fourth-order valence-electron chi connectivity index (χ4n) is 1.35. The summed E-state index contributed by atoms with van der Waals surface area (Å²) < 4.78 is -0.311. The second-order valence-corrected chi connectivity index (χ2v) is 5.34. The highest BCUT2D eigenvalue weighted by atomic mass is 79.9. The Morgan fingerprint density at radius 2 is 2.17 bits per heavy atom. The van der Waals surface area contributed by atoms with Crippen molar-refractivity contribution in [2.75, 3.05) is 13.6 Å². The number of hydrogen-bond donors (Lipinski definition) is 0. The third-order valence-electron chi connectivity index (χ3n) is 2.36. The first-order valence-electron chi connectivity index (χ1n) is 3.86. The highest BCUT2D eigenvalue weighted by Crippen LogP contribution is 2.27. The Kier molecular flexibility index (Phi) is 4.41. The lowest BCUT2D eigenvalue weighted by Crippen LogP contribution is -2.51. The van der Waals surface area contributed by atoms with Gasteiger partial charge in [0.1, 0.15) is 0 Å². The molecular weight excluding hydrogens is 286 g/mol. The van der Waals surface area contributed by atoms with E-state index >= 15 is 0 Å². The normalized spacial score (nSPS) is 37.7. The SMILES string of the molecule is Br.CC1CC(=O)C(C)(Br)CN1C. The maximum Gasteiger partial charge on any atom is 0.152 e. The van der Waals surface area contributed by atoms with Gasteiger partial charge in [-0.3, -0.25) is 4.79 Å². The standard InChI is InChI=1S/C8H14BrNO.BrH/c1-6-4-7(11)8(2,9)5-10(6)3;/h6H,4-5H2,1-3H3;1H. The molecule has 1 aliphatic heterocycles. The summed E-state index contributed by atoms with van der Waals surface area (Å²) in [5.74, 6) is 0.322. The van der Waals surface area contributed by atoms with E-state index in [0.29, 0.717) is 18.2 Å². The highest BCUT2D eigenvalue weighted by Gasteiger charge is 2.37. The number of nitrogens with zero attached hydrogens (tertiary/aromatic N) is 1. The van der Waals surface area contributed by atoms with Gasteiger partial charge in [0.05, 0.1) is 4.32 Å². The summed E-state index contributed by atoms with van der Waals surface area (Å²) in [6, 6.07) is 0.396. The smallest absolute Gasteiger partial charge is 0.152 e. The third-order valence-corrected chi connectivity index (χ3v) is 3.05. The first-order chi connectivity index (χ1) is 4.93. The van der Waals surface area contributed by atoms with Gasteiger partial charge >= 0.3 is 0 Å². The van der Waals surface area contributed by atoms with Crippen molar-refractivity contribution in [2.45, 2.75) is 30.6 Å². The number of Topliss-reactive ketones (excluding diaryl/α,β-unsaturated/α-hetero) is 1. The summed E-state index contributed by atoms with van der Waals surface area (Å²) in [5.41, 5.74) is 0. The van der Waals surface area contributed by atoms with Crippen LogP contribution in [0.5, 0.6) is 0 Å². The van der Waals surface area contributed by atoms with Crippen LogP contribution in [0, 0.1) is 0 Å². The van der Waals surface area contributed by atoms with Crippen LogP contribution in [0.25, 0.3) is 0 Å². The van der Waals surface area contributed by atoms with Gasteiger partial charge in [-0.05, 0) is 20.9 Å². The Morgan fingerprint density at radius 3 is 2.58 bits per heavy atom. The van der Waals surface area contributed by atoms with Crippen molar-refractivity contribution in [2.24, 2.45) is 0 Å². The lowest BCUT2D eigenvalue weighted by Gasteiger charge is -2.37. The van der Waals surface area contributed by atoms with Gasteiger partial charge in [-0.1, -0.05) is 15.9 Å². The minimum atomic E-state index is -0.311. The summed E-state index contributed by atoms with van der Waals surface area (Å²) in [4.78, 5) is 13.6. The van der Waals surface area contributed by atoms with Crippen LogP contribution in [-0.4, -0.2) is 34.6 Å². The highest BCUT2D eigenvalue weighted by molar-refractivity contribution is 9.10. The van der Waals surface area contributed by atoms with Crippen molar-refractivity contribution in [3.05, 3.63) is 0 Å². The number of rotatable bonds is 0. The van der Waals surface area contributed by atoms with Crippen molar-refractivity contribution in [1.29, 1.82) is 0 Å². The number of halogens is 2. The minimum absolute atomic E-state index is 0. The zero-order chi connectivity index (χ0) is 8.65. The molecule has 0 saturated carbocycles. The quantitative estimate of drug-likeness (QED) is 0.638. The van der Waals surface area contributed by atoms with Gasteiger partial charge in [-0.25, -0.2) is 0 Å². The number of alkyl halides is 1. The second kappa shape index (κ2) is 4.20. The average Bonchev–Trinajstić information content (AvgIpc) is 1.83. The molecule has 1 heterocycles. The van der Waals surface area contributed by atoms with E-state index in [2.05, 4.69) is 34.8 Å². The molecular formula is C8H15Br2NO. The van der Waals surface area contributed by atoms with Crippen LogP contribution < -0.4 is 0 Å². The summed E-state index contributed by atoms with van der Waals surface area (Å²) >= 11 is 3.43. The number of likely N-dealkylation sites (tertiary alicyclic amines) is 1. The fraction of sp³-hybridized carbons (Fsp3) is 0.875. The van der Waals surface area contributed by atoms with E-state index in [4.69, 9.17) is 0 Å². The number of carbonyl (C=O) groups excluding carboxylic acids is 1. The van der Waals surface area contributed by atoms with Gasteiger partial charge in [0.25, 0.3) is 0 Å². The van der Waals surface area contributed by atoms with Crippen molar-refractivity contribution in [3.8, 4) is 0 Å². The summed E-state index contributed by atoms with van der Waals surface area (Å²) in [6.45, 7) is 4.84. The zero-order valence-electron chi connectivity index (χ0n) is 7.63. The molecule has 1 rings (SSSR count). The lowest BCUT2D eigenvalue weighted by atomic mass is 9.94. The summed E-state index contributed by atoms with van der Waals surface area (Å²) in [5, 5.41) is 0. The molecule has 2 nitrogen and oxygen atoms in total. The van der Waals surface area contributed by atoms with Crippen LogP contribution in [0.15, 0.2) is 0 Å². The Balaban J connectivity index is 0.00000121. The van der Waals surface area contributed by atoms with Crippen molar-refractivity contribution >= 4 is 38.7 Å². The molecule has 72 valence electrons. The first-order valence-corrected chi connectivity index (χ1v) is 4.65. The molecule has 0 spiro atoms. The van der Waals surface area contributed by atoms with Gasteiger partial charge in [0.15, 0.2) is 5.78 Å². The van der Waals surface area contributed by atoms with Crippen molar-refractivity contribution in [1.82, 2.24) is 4.90 Å². The molecule has 0 bridgehead atoms. The van der Waals surface area contributed by atoms with Crippen LogP contribution in [0.4, 0.5) is 0 Å². The summed E-state index contributed by atoms with van der Waals surface area (Å²) in [6.07, 6.45) is 0.665. The summed E-state index contributed by atoms with van der Waals surface area (Å²) in [7, 11) is 2.05. The number of hydrogen-bond acceptors (Lipinski definition) is 2. The maximum absolute atomic E-state index is 11.4. The largest absolute Gasteiger partial charge is 0.301 e. The van der Waals surface area contributed by atoms with E-state index in [0.717, 1.165) is 6.54 Å². The predicted molar refractivity (Wildman–Crippen MR) is 59.4 cm³/mol. The molecule has 2 unspecified atom stereocenters. The molecule has 0 radical (unpaired) electrons. The van der Waals surface area contributed by atoms with E-state index in [1.165, 1.54) is 0 Å². The lowest BCUT2D eigenvalue weighted by molar-refractivity contribution is -0.124. The second-order valence-electron chi connectivity index (χ2n) is 3.59. The molecule has 0 aromatic rings. The Hall–Kier alpha value is 0.590. The molecule has 1 aliphatic rings. The molecule has 0 amide bonds. The molecule has 12 heavy (non-hydrogen) atoms. The molecule has 4 heteroatoms. The molecule has 0 aromatic heterocycles. The number of carbonyl (C=O) groups is 1. The van der Waals surface area contributed by atoms with Crippen molar-refractivity contribution < 1.29 is 4.79 Å². The fourth-order valence-corrected chi connectivity index (χ4v) is 1.91. The Morgan fingerprint density at radius 1 is 1.67 bits per heavy atom. The van der Waals surface area contributed by atoms with E-state index < -0.39 is 0 Å². The molecule has 0 aromatic carbocycles. The third kappa shape index (κ3) is 2.54. The first kappa shape index (κ1) is 12.6. The molecule has 1 saturated heterocycles. The molecule has 0 N–H and O–H groups in total. The van der Waals surface area contributed by atoms with Crippen LogP contribution in [0.2, 0.25) is 0 Å². The van der Waals surface area contributed by atoms with E-state index in [1.54, 1.807) is 0 Å². The predicted octanol–water partition coefficient (Wildman–Crippen LogP) is 2.01. The average molecular weight is 301 g/mol. The van der Waals surface area contributed by atoms with E-state index in [-0.39, 0.29) is 21.3 Å². The minimum Gasteiger partial charge on any atom is -0.301 e. The zero-order valence-corrected chi connectivity index (χ0v) is 10.9. The van der Waals surface area contributed by atoms with Crippen LogP contribution in [0.3, 0.4) is 0 Å². The van der Waals surface area contributed by atoms with Crippen LogP contribution >= 0.6 is 32.9 Å². The van der Waals surface area contributed by atoms with Crippen LogP contribution in [0.1, 0.15) is 20.3 Å². The molecule has 1 fully saturated rings. The molecule has 2 atom stereocenters. The van der Waals surface area contributed by atoms with Gasteiger partial charge in [-0.15, -0.1) is 17.0 Å². The number of ketones is 1.